The molecule has 0 saturated carbocycles. The number of rotatable bonds is 5. The molecule has 0 aliphatic carbocycles. The average Bonchev–Trinajstić information content (AvgIpc) is 3.40. The number of halogens is 2. The van der Waals surface area contributed by atoms with Gasteiger partial charge >= 0.3 is 0 Å². The predicted molar refractivity (Wildman–Crippen MR) is 117 cm³/mol. The van der Waals surface area contributed by atoms with Crippen LogP contribution in [0.4, 0.5) is 21.6 Å². The molecular formula is C22H20ClFN4O4. The lowest BCUT2D eigenvalue weighted by atomic mass is 10.1. The highest BCUT2D eigenvalue weighted by molar-refractivity contribution is 6.31. The first-order chi connectivity index (χ1) is 15.5. The van der Waals surface area contributed by atoms with E-state index in [1.54, 1.807) is 18.2 Å². The lowest BCUT2D eigenvalue weighted by molar-refractivity contribution is -0.117. The number of nitrogens with one attached hydrogen (secondary N) is 1. The number of anilines is 3. The van der Waals surface area contributed by atoms with E-state index in [-0.39, 0.29) is 23.5 Å². The van der Waals surface area contributed by atoms with Crippen LogP contribution in [0.25, 0.3) is 10.9 Å². The van der Waals surface area contributed by atoms with Crippen molar-refractivity contribution in [2.24, 2.45) is 0 Å². The Labute approximate surface area is 187 Å². The van der Waals surface area contributed by atoms with Crippen molar-refractivity contribution < 1.29 is 23.8 Å². The van der Waals surface area contributed by atoms with Gasteiger partial charge in [0.15, 0.2) is 0 Å². The highest BCUT2D eigenvalue weighted by Gasteiger charge is 2.34. The fourth-order valence-electron chi connectivity index (χ4n) is 3.91. The zero-order valence-electron chi connectivity index (χ0n) is 16.9. The summed E-state index contributed by atoms with van der Waals surface area (Å²) < 4.78 is 25.1. The molecule has 1 unspecified atom stereocenters. The Kier molecular flexibility index (Phi) is 5.54. The number of aliphatic hydroxyl groups excluding tert-OH is 1. The zero-order valence-corrected chi connectivity index (χ0v) is 17.7. The van der Waals surface area contributed by atoms with E-state index in [9.17, 15) is 14.3 Å². The number of fused-ring (bicyclic) bond motifs is 1. The van der Waals surface area contributed by atoms with Gasteiger partial charge in [-0.05, 0) is 24.3 Å². The molecule has 5 rings (SSSR count). The Morgan fingerprint density at radius 1 is 1.25 bits per heavy atom. The molecule has 2 aromatic carbocycles. The first-order valence-corrected chi connectivity index (χ1v) is 10.6. The molecule has 3 heterocycles. The smallest absolute Gasteiger partial charge is 0.229 e. The molecule has 2 N–H and O–H groups in total. The molecular weight excluding hydrogens is 439 g/mol. The molecule has 1 aromatic heterocycles. The van der Waals surface area contributed by atoms with Gasteiger partial charge in [0.05, 0.1) is 29.4 Å². The van der Waals surface area contributed by atoms with Crippen LogP contribution in [0.15, 0.2) is 36.7 Å². The number of amides is 1. The number of benzene rings is 2. The highest BCUT2D eigenvalue weighted by atomic mass is 35.5. The minimum absolute atomic E-state index is 0.0192. The summed E-state index contributed by atoms with van der Waals surface area (Å²) >= 11 is 5.90. The number of hydrogen-bond acceptors (Lipinski definition) is 7. The molecule has 0 spiro atoms. The third kappa shape index (κ3) is 3.94. The highest BCUT2D eigenvalue weighted by Crippen LogP contribution is 2.39. The summed E-state index contributed by atoms with van der Waals surface area (Å²) in [4.78, 5) is 22.5. The lowest BCUT2D eigenvalue weighted by Gasteiger charge is -2.25. The standard InChI is InChI=1S/C22H20ClFN4O4/c23-15-7-12(1-2-16(15)24)27-22-14-8-18(28-20(29)3-4-21(28)30)19(9-17(14)25-11-26-22)32-13-5-6-31-10-13/h1-2,7-9,11,13,20,29H,3-6,10H2,(H,25,26,27)/t13-,20?/m0/s1. The Bertz CT molecular complexity index is 1190. The molecule has 2 atom stereocenters. The maximum Gasteiger partial charge on any atom is 0.229 e. The topological polar surface area (TPSA) is 96.8 Å². The van der Waals surface area contributed by atoms with E-state index in [1.165, 1.54) is 23.4 Å². The molecule has 2 aliphatic rings. The van der Waals surface area contributed by atoms with Crippen LogP contribution in [-0.4, -0.2) is 46.5 Å². The summed E-state index contributed by atoms with van der Waals surface area (Å²) in [6.45, 7) is 1.06. The molecule has 166 valence electrons. The van der Waals surface area contributed by atoms with Gasteiger partial charge in [0.25, 0.3) is 0 Å². The van der Waals surface area contributed by atoms with E-state index in [4.69, 9.17) is 21.1 Å². The van der Waals surface area contributed by atoms with Crippen LogP contribution in [0.5, 0.6) is 5.75 Å². The molecule has 8 nitrogen and oxygen atoms in total. The number of aliphatic hydroxyl groups is 1. The first kappa shape index (κ1) is 20.9. The fourth-order valence-corrected chi connectivity index (χ4v) is 4.09. The first-order valence-electron chi connectivity index (χ1n) is 10.2. The van der Waals surface area contributed by atoms with E-state index < -0.39 is 12.0 Å². The largest absolute Gasteiger partial charge is 0.486 e. The second kappa shape index (κ2) is 8.50. The van der Waals surface area contributed by atoms with Crippen molar-refractivity contribution in [3.8, 4) is 5.75 Å². The van der Waals surface area contributed by atoms with Crippen LogP contribution in [0.3, 0.4) is 0 Å². The molecule has 0 bridgehead atoms. The molecule has 0 radical (unpaired) electrons. The van der Waals surface area contributed by atoms with Crippen molar-refractivity contribution in [3.05, 3.63) is 47.5 Å². The Morgan fingerprint density at radius 3 is 2.84 bits per heavy atom. The summed E-state index contributed by atoms with van der Waals surface area (Å²) in [5.41, 5.74) is 1.56. The van der Waals surface area contributed by atoms with Crippen molar-refractivity contribution in [2.75, 3.05) is 23.4 Å². The van der Waals surface area contributed by atoms with Crippen LogP contribution in [0.1, 0.15) is 19.3 Å². The second-order valence-electron chi connectivity index (χ2n) is 7.70. The Balaban J connectivity index is 1.60. The third-order valence-corrected chi connectivity index (χ3v) is 5.81. The summed E-state index contributed by atoms with van der Waals surface area (Å²) in [6, 6.07) is 7.71. The van der Waals surface area contributed by atoms with Crippen LogP contribution in [-0.2, 0) is 9.53 Å². The molecule has 2 fully saturated rings. The van der Waals surface area contributed by atoms with Gasteiger partial charge < -0.3 is 19.9 Å². The maximum absolute atomic E-state index is 13.5. The van der Waals surface area contributed by atoms with Gasteiger partial charge in [-0.3, -0.25) is 9.69 Å². The van der Waals surface area contributed by atoms with Gasteiger partial charge in [-0.25, -0.2) is 14.4 Å². The number of ether oxygens (including phenoxy) is 2. The van der Waals surface area contributed by atoms with Crippen LogP contribution in [0, 0.1) is 5.82 Å². The van der Waals surface area contributed by atoms with Gasteiger partial charge in [0, 0.05) is 36.4 Å². The van der Waals surface area contributed by atoms with Crippen LogP contribution in [0.2, 0.25) is 5.02 Å². The van der Waals surface area contributed by atoms with E-state index >= 15 is 0 Å². The number of nitrogens with zero attached hydrogens (tertiary/aromatic N) is 3. The van der Waals surface area contributed by atoms with Gasteiger partial charge in [-0.2, -0.15) is 0 Å². The van der Waals surface area contributed by atoms with E-state index in [0.717, 1.165) is 6.42 Å². The minimum Gasteiger partial charge on any atom is -0.486 e. The SMILES string of the molecule is O=C1CCC(O)N1c1cc2c(Nc3ccc(F)c(Cl)c3)ncnc2cc1O[C@H]1CCOC1. The quantitative estimate of drug-likeness (QED) is 0.600. The molecule has 32 heavy (non-hydrogen) atoms. The zero-order chi connectivity index (χ0) is 22.2. The van der Waals surface area contributed by atoms with Crippen molar-refractivity contribution >= 4 is 45.6 Å². The van der Waals surface area contributed by atoms with Crippen molar-refractivity contribution in [1.82, 2.24) is 9.97 Å². The van der Waals surface area contributed by atoms with Crippen molar-refractivity contribution in [3.63, 3.8) is 0 Å². The Morgan fingerprint density at radius 2 is 2.12 bits per heavy atom. The second-order valence-corrected chi connectivity index (χ2v) is 8.11. The maximum atomic E-state index is 13.5. The van der Waals surface area contributed by atoms with Crippen LogP contribution >= 0.6 is 11.6 Å². The summed E-state index contributed by atoms with van der Waals surface area (Å²) in [6.07, 6.45) is 1.62. The van der Waals surface area contributed by atoms with Crippen molar-refractivity contribution in [2.45, 2.75) is 31.6 Å². The fraction of sp³-hybridized carbons (Fsp3) is 0.318. The van der Waals surface area contributed by atoms with Gasteiger partial charge in [-0.1, -0.05) is 11.6 Å². The molecule has 10 heteroatoms. The third-order valence-electron chi connectivity index (χ3n) is 5.52. The summed E-state index contributed by atoms with van der Waals surface area (Å²) in [7, 11) is 0. The van der Waals surface area contributed by atoms with E-state index in [1.807, 2.05) is 0 Å². The number of aromatic nitrogens is 2. The van der Waals surface area contributed by atoms with Crippen molar-refractivity contribution in [1.29, 1.82) is 0 Å². The number of carbonyl (C=O) groups is 1. The molecule has 2 saturated heterocycles. The number of hydrogen-bond donors (Lipinski definition) is 2. The van der Waals surface area contributed by atoms with Crippen LogP contribution < -0.4 is 15.0 Å². The summed E-state index contributed by atoms with van der Waals surface area (Å²) in [5, 5.41) is 14.2. The van der Waals surface area contributed by atoms with E-state index in [0.29, 0.717) is 53.5 Å². The lowest BCUT2D eigenvalue weighted by Crippen LogP contribution is -2.33. The number of carbonyl (C=O) groups excluding carboxylic acids is 1. The minimum atomic E-state index is -0.945. The molecule has 2 aliphatic heterocycles. The molecule has 3 aromatic rings. The normalized spacial score (nSPS) is 20.8. The monoisotopic (exact) mass is 458 g/mol. The predicted octanol–water partition coefficient (Wildman–Crippen LogP) is 3.78. The molecule has 1 amide bonds. The van der Waals surface area contributed by atoms with Gasteiger partial charge in [-0.15, -0.1) is 0 Å². The van der Waals surface area contributed by atoms with Gasteiger partial charge in [0.1, 0.15) is 36.0 Å². The Hall–Kier alpha value is -3.01. The van der Waals surface area contributed by atoms with Gasteiger partial charge in [0.2, 0.25) is 5.91 Å². The van der Waals surface area contributed by atoms with E-state index in [2.05, 4.69) is 15.3 Å². The summed E-state index contributed by atoms with van der Waals surface area (Å²) in [5.74, 6) is 0.167. The average molecular weight is 459 g/mol.